The van der Waals surface area contributed by atoms with Gasteiger partial charge in [0.25, 0.3) is 0 Å². The van der Waals surface area contributed by atoms with Crippen molar-refractivity contribution in [2.45, 2.75) is 90.4 Å². The van der Waals surface area contributed by atoms with Gasteiger partial charge in [-0.3, -0.25) is 0 Å². The molecule has 9 heteroatoms. The largest absolute Gasteiger partial charge is 0.379 e. The van der Waals surface area contributed by atoms with Crippen molar-refractivity contribution in [3.63, 3.8) is 0 Å². The van der Waals surface area contributed by atoms with E-state index in [1.165, 1.54) is 77.0 Å². The van der Waals surface area contributed by atoms with E-state index in [1.54, 1.807) is 0 Å². The Morgan fingerprint density at radius 1 is 0.275 bits per heavy atom. The molecule has 0 spiro atoms. The van der Waals surface area contributed by atoms with E-state index in [2.05, 4.69) is 29.5 Å². The Morgan fingerprint density at radius 3 is 0.775 bits per heavy atom. The third kappa shape index (κ3) is 38.4. The highest BCUT2D eigenvalue weighted by molar-refractivity contribution is 14.1. The molecule has 0 rings (SSSR count). The van der Waals surface area contributed by atoms with Crippen molar-refractivity contribution in [3.05, 3.63) is 0 Å². The van der Waals surface area contributed by atoms with Crippen LogP contribution in [0.5, 0.6) is 0 Å². The van der Waals surface area contributed by atoms with Crippen molar-refractivity contribution in [1.82, 2.24) is 0 Å². The molecule has 0 radical (unpaired) electrons. The third-order valence-electron chi connectivity index (χ3n) is 6.22. The fraction of sp³-hybridized carbons (Fsp3) is 1.00. The lowest BCUT2D eigenvalue weighted by Gasteiger charge is -2.08. The summed E-state index contributed by atoms with van der Waals surface area (Å²) in [5.41, 5.74) is 0. The Labute approximate surface area is 260 Å². The Balaban J connectivity index is 3.01. The first-order valence-corrected chi connectivity index (χ1v) is 17.6. The quantitative estimate of drug-likeness (QED) is 0.0408. The van der Waals surface area contributed by atoms with Crippen molar-refractivity contribution in [3.8, 4) is 0 Å². The van der Waals surface area contributed by atoms with Crippen LogP contribution in [-0.2, 0) is 37.9 Å². The summed E-state index contributed by atoms with van der Waals surface area (Å²) < 4.78 is 44.9. The lowest BCUT2D eigenvalue weighted by atomic mass is 10.0. The van der Waals surface area contributed by atoms with E-state index in [0.29, 0.717) is 92.5 Å². The summed E-state index contributed by atoms with van der Waals surface area (Å²) in [7, 11) is 0. The molecule has 0 fully saturated rings. The van der Waals surface area contributed by atoms with Crippen LogP contribution in [0.4, 0.5) is 0 Å². The predicted octanol–water partition coefficient (Wildman–Crippen LogP) is 6.65. The van der Waals surface area contributed by atoms with E-state index in [9.17, 15) is 0 Å². The van der Waals surface area contributed by atoms with Gasteiger partial charge in [-0.25, -0.2) is 0 Å². The number of alkyl halides is 1. The molecule has 0 aliphatic rings. The maximum absolute atomic E-state index is 5.66. The molecule has 0 saturated carbocycles. The van der Waals surface area contributed by atoms with Crippen LogP contribution in [0.15, 0.2) is 0 Å². The van der Waals surface area contributed by atoms with Crippen LogP contribution < -0.4 is 0 Å². The molecule has 0 aromatic heterocycles. The molecule has 242 valence electrons. The highest BCUT2D eigenvalue weighted by Crippen LogP contribution is 2.12. The van der Waals surface area contributed by atoms with Crippen molar-refractivity contribution in [2.24, 2.45) is 0 Å². The maximum Gasteiger partial charge on any atom is 0.0701 e. The van der Waals surface area contributed by atoms with Gasteiger partial charge in [-0.05, 0) is 6.42 Å². The zero-order valence-electron chi connectivity index (χ0n) is 25.9. The van der Waals surface area contributed by atoms with Crippen LogP contribution in [0.1, 0.15) is 90.4 Å². The molecule has 0 unspecified atom stereocenters. The molecule has 0 aliphatic heterocycles. The summed E-state index contributed by atoms with van der Waals surface area (Å²) in [5.74, 6) is 0. The van der Waals surface area contributed by atoms with Gasteiger partial charge in [-0.15, -0.1) is 0 Å². The minimum absolute atomic E-state index is 0.552. The van der Waals surface area contributed by atoms with E-state index in [-0.39, 0.29) is 0 Å². The molecule has 0 aliphatic carbocycles. The number of hydrogen-bond donors (Lipinski definition) is 0. The molecule has 0 saturated heterocycles. The SMILES string of the molecule is CCCCCCCCCCCCCCCOCCOCCOCCOCCOCCOCCOCCOCCI. The minimum atomic E-state index is 0.552. The fourth-order valence-electron chi connectivity index (χ4n) is 3.92. The standard InChI is InChI=1S/C31H63IO8/c1-2-3-4-5-6-7-8-9-10-11-12-13-14-16-33-18-20-35-22-24-37-26-28-39-30-31-40-29-27-38-25-23-36-21-19-34-17-15-32/h2-31H2,1H3. The maximum atomic E-state index is 5.66. The van der Waals surface area contributed by atoms with Gasteiger partial charge in [0.15, 0.2) is 0 Å². The topological polar surface area (TPSA) is 73.8 Å². The van der Waals surface area contributed by atoms with Crippen LogP contribution in [0, 0.1) is 0 Å². The first kappa shape index (κ1) is 40.4. The van der Waals surface area contributed by atoms with Crippen LogP contribution in [0.25, 0.3) is 0 Å². The molecule has 0 aromatic rings. The Bertz CT molecular complexity index is 396. The van der Waals surface area contributed by atoms with Gasteiger partial charge in [0.2, 0.25) is 0 Å². The number of ether oxygens (including phenoxy) is 8. The molecule has 0 aromatic carbocycles. The minimum Gasteiger partial charge on any atom is -0.379 e. The van der Waals surface area contributed by atoms with E-state index in [1.807, 2.05) is 0 Å². The van der Waals surface area contributed by atoms with Gasteiger partial charge >= 0.3 is 0 Å². The Hall–Kier alpha value is 0.410. The Morgan fingerprint density at radius 2 is 0.500 bits per heavy atom. The molecule has 0 atom stereocenters. The van der Waals surface area contributed by atoms with Crippen LogP contribution in [-0.4, -0.2) is 110 Å². The average Bonchev–Trinajstić information content (AvgIpc) is 2.97. The molecule has 0 heterocycles. The van der Waals surface area contributed by atoms with Gasteiger partial charge in [0.1, 0.15) is 0 Å². The van der Waals surface area contributed by atoms with E-state index < -0.39 is 0 Å². The van der Waals surface area contributed by atoms with E-state index in [0.717, 1.165) is 24.1 Å². The van der Waals surface area contributed by atoms with Gasteiger partial charge in [0.05, 0.1) is 99.1 Å². The molecule has 8 nitrogen and oxygen atoms in total. The number of unbranched alkanes of at least 4 members (excludes halogenated alkanes) is 12. The van der Waals surface area contributed by atoms with E-state index in [4.69, 9.17) is 37.9 Å². The van der Waals surface area contributed by atoms with Crippen LogP contribution in [0.3, 0.4) is 0 Å². The lowest BCUT2D eigenvalue weighted by Crippen LogP contribution is -2.15. The van der Waals surface area contributed by atoms with Crippen molar-refractivity contribution in [2.75, 3.05) is 110 Å². The monoisotopic (exact) mass is 690 g/mol. The average molecular weight is 691 g/mol. The molecular formula is C31H63IO8. The molecule has 0 N–H and O–H groups in total. The van der Waals surface area contributed by atoms with Gasteiger partial charge in [0, 0.05) is 11.0 Å². The fourth-order valence-corrected chi connectivity index (χ4v) is 4.23. The Kier molecular flexibility index (Phi) is 39.8. The molecule has 0 amide bonds. The van der Waals surface area contributed by atoms with Gasteiger partial charge in [-0.2, -0.15) is 0 Å². The summed E-state index contributed by atoms with van der Waals surface area (Å²) in [6.45, 7) is 12.1. The zero-order chi connectivity index (χ0) is 28.9. The van der Waals surface area contributed by atoms with Crippen LogP contribution >= 0.6 is 22.6 Å². The second kappa shape index (κ2) is 39.4. The summed E-state index contributed by atoms with van der Waals surface area (Å²) in [4.78, 5) is 0. The first-order valence-electron chi connectivity index (χ1n) is 16.1. The molecule has 0 bridgehead atoms. The molecular weight excluding hydrogens is 627 g/mol. The second-order valence-corrected chi connectivity index (χ2v) is 10.9. The molecule has 40 heavy (non-hydrogen) atoms. The van der Waals surface area contributed by atoms with Crippen molar-refractivity contribution < 1.29 is 37.9 Å². The zero-order valence-corrected chi connectivity index (χ0v) is 28.0. The van der Waals surface area contributed by atoms with Gasteiger partial charge < -0.3 is 37.9 Å². The summed E-state index contributed by atoms with van der Waals surface area (Å²) >= 11 is 2.29. The summed E-state index contributed by atoms with van der Waals surface area (Å²) in [6, 6.07) is 0. The number of halogens is 1. The number of rotatable bonds is 37. The van der Waals surface area contributed by atoms with Crippen molar-refractivity contribution >= 4 is 22.6 Å². The van der Waals surface area contributed by atoms with Crippen LogP contribution in [0.2, 0.25) is 0 Å². The smallest absolute Gasteiger partial charge is 0.0701 e. The second-order valence-electron chi connectivity index (χ2n) is 9.83. The summed E-state index contributed by atoms with van der Waals surface area (Å²) in [5, 5.41) is 0. The third-order valence-corrected chi connectivity index (χ3v) is 6.66. The highest BCUT2D eigenvalue weighted by atomic mass is 127. The van der Waals surface area contributed by atoms with Gasteiger partial charge in [-0.1, -0.05) is 107 Å². The van der Waals surface area contributed by atoms with Crippen molar-refractivity contribution in [1.29, 1.82) is 0 Å². The summed E-state index contributed by atoms with van der Waals surface area (Å²) in [6.07, 6.45) is 17.9. The first-order chi connectivity index (χ1) is 19.9. The lowest BCUT2D eigenvalue weighted by molar-refractivity contribution is -0.0228. The van der Waals surface area contributed by atoms with E-state index >= 15 is 0 Å². The highest BCUT2D eigenvalue weighted by Gasteiger charge is 1.97. The normalized spacial score (nSPS) is 11.6. The number of hydrogen-bond acceptors (Lipinski definition) is 8. The predicted molar refractivity (Wildman–Crippen MR) is 171 cm³/mol.